The first-order valence-corrected chi connectivity index (χ1v) is 9.55. The summed E-state index contributed by atoms with van der Waals surface area (Å²) in [4.78, 5) is 21.0. The van der Waals surface area contributed by atoms with Gasteiger partial charge in [0.25, 0.3) is 0 Å². The quantitative estimate of drug-likeness (QED) is 0.383. The second-order valence-electron chi connectivity index (χ2n) is 6.88. The second-order valence-corrected chi connectivity index (χ2v) is 6.88. The van der Waals surface area contributed by atoms with Crippen molar-refractivity contribution in [1.82, 2.24) is 10.2 Å². The van der Waals surface area contributed by atoms with E-state index in [9.17, 15) is 4.79 Å². The molecule has 0 radical (unpaired) electrons. The van der Waals surface area contributed by atoms with Crippen molar-refractivity contribution in [1.29, 1.82) is 0 Å². The normalized spacial score (nSPS) is 13.2. The highest BCUT2D eigenvalue weighted by atomic mass is 127. The van der Waals surface area contributed by atoms with Gasteiger partial charge in [0.1, 0.15) is 5.75 Å². The maximum atomic E-state index is 12.8. The number of hydrogen-bond acceptors (Lipinski definition) is 3. The van der Waals surface area contributed by atoms with E-state index < -0.39 is 0 Å². The number of para-hydroxylation sites is 1. The molecule has 1 aliphatic heterocycles. The van der Waals surface area contributed by atoms with E-state index in [0.717, 1.165) is 36.4 Å². The van der Waals surface area contributed by atoms with Crippen LogP contribution in [0.15, 0.2) is 53.5 Å². The van der Waals surface area contributed by atoms with Gasteiger partial charge in [-0.3, -0.25) is 9.79 Å². The predicted molar refractivity (Wildman–Crippen MR) is 128 cm³/mol. The number of nitrogens with one attached hydrogen (secondary N) is 1. The summed E-state index contributed by atoms with van der Waals surface area (Å²) in [6.07, 6.45) is 2.02. The highest BCUT2D eigenvalue weighted by molar-refractivity contribution is 14.0. The van der Waals surface area contributed by atoms with Gasteiger partial charge in [0.2, 0.25) is 5.91 Å². The van der Waals surface area contributed by atoms with E-state index in [4.69, 9.17) is 4.74 Å². The van der Waals surface area contributed by atoms with Crippen molar-refractivity contribution in [3.05, 3.63) is 59.7 Å². The Morgan fingerprint density at radius 3 is 2.62 bits per heavy atom. The molecule has 6 nitrogen and oxygen atoms in total. The molecule has 1 heterocycles. The molecule has 2 aromatic carbocycles. The number of hydrogen-bond donors (Lipinski definition) is 1. The topological polar surface area (TPSA) is 57.2 Å². The van der Waals surface area contributed by atoms with Gasteiger partial charge in [-0.2, -0.15) is 0 Å². The van der Waals surface area contributed by atoms with Crippen molar-refractivity contribution in [2.24, 2.45) is 4.99 Å². The fourth-order valence-electron chi connectivity index (χ4n) is 3.51. The Morgan fingerprint density at radius 2 is 1.93 bits per heavy atom. The van der Waals surface area contributed by atoms with Crippen molar-refractivity contribution in [2.45, 2.75) is 19.4 Å². The summed E-state index contributed by atoms with van der Waals surface area (Å²) >= 11 is 0. The maximum absolute atomic E-state index is 12.8. The van der Waals surface area contributed by atoms with Crippen LogP contribution in [0.4, 0.5) is 5.69 Å². The minimum atomic E-state index is 0. The Kier molecular flexibility index (Phi) is 8.75. The Hall–Kier alpha value is -2.29. The number of aryl methyl sites for hydroxylation is 1. The number of methoxy groups -OCH3 is 1. The Labute approximate surface area is 190 Å². The molecule has 3 rings (SSSR count). The molecular formula is C22H29IN4O2. The standard InChI is InChI=1S/C22H28N4O2.HI/c1-23-22(25(2)16-17-10-12-19(28-3)13-11-17)24-15-21(27)26-14-6-8-18-7-4-5-9-20(18)26;/h4-5,7,9-13H,6,8,14-16H2,1-3H3,(H,23,24);1H. The van der Waals surface area contributed by atoms with Crippen LogP contribution in [0, 0.1) is 0 Å². The minimum Gasteiger partial charge on any atom is -0.497 e. The number of carbonyl (C=O) groups is 1. The van der Waals surface area contributed by atoms with Gasteiger partial charge >= 0.3 is 0 Å². The molecule has 0 aromatic heterocycles. The lowest BCUT2D eigenvalue weighted by Crippen LogP contribution is -2.46. The molecule has 1 aliphatic rings. The van der Waals surface area contributed by atoms with Crippen LogP contribution in [0.1, 0.15) is 17.5 Å². The number of benzene rings is 2. The number of halogens is 1. The molecule has 0 atom stereocenters. The third-order valence-corrected chi connectivity index (χ3v) is 4.96. The third-order valence-electron chi connectivity index (χ3n) is 4.96. The molecule has 29 heavy (non-hydrogen) atoms. The summed E-state index contributed by atoms with van der Waals surface area (Å²) in [7, 11) is 5.35. The van der Waals surface area contributed by atoms with Crippen LogP contribution in [0.25, 0.3) is 0 Å². The predicted octanol–water partition coefficient (Wildman–Crippen LogP) is 3.30. The molecule has 0 saturated carbocycles. The molecule has 1 N–H and O–H groups in total. The number of rotatable bonds is 5. The molecule has 0 saturated heterocycles. The highest BCUT2D eigenvalue weighted by Crippen LogP contribution is 2.26. The van der Waals surface area contributed by atoms with Crippen molar-refractivity contribution in [3.63, 3.8) is 0 Å². The van der Waals surface area contributed by atoms with Gasteiger partial charge in [-0.25, -0.2) is 0 Å². The summed E-state index contributed by atoms with van der Waals surface area (Å²) in [5, 5.41) is 3.20. The van der Waals surface area contributed by atoms with Crippen LogP contribution in [0.2, 0.25) is 0 Å². The summed E-state index contributed by atoms with van der Waals surface area (Å²) in [5.74, 6) is 1.59. The van der Waals surface area contributed by atoms with Gasteiger partial charge in [0, 0.05) is 32.9 Å². The number of guanidine groups is 1. The van der Waals surface area contributed by atoms with Crippen LogP contribution >= 0.6 is 24.0 Å². The van der Waals surface area contributed by atoms with Crippen molar-refractivity contribution in [2.75, 3.05) is 39.2 Å². The SMILES string of the molecule is CN=C(NCC(=O)N1CCCc2ccccc21)N(C)Cc1ccc(OC)cc1.I. The number of carbonyl (C=O) groups excluding carboxylic acids is 1. The van der Waals surface area contributed by atoms with E-state index >= 15 is 0 Å². The molecule has 0 fully saturated rings. The first-order chi connectivity index (χ1) is 13.6. The Bertz CT molecular complexity index is 839. The first kappa shape index (κ1) is 23.0. The van der Waals surface area contributed by atoms with E-state index in [1.165, 1.54) is 5.56 Å². The molecule has 2 aromatic rings. The van der Waals surface area contributed by atoms with Crippen LogP contribution in [0.3, 0.4) is 0 Å². The molecule has 0 aliphatic carbocycles. The van der Waals surface area contributed by atoms with Crippen LogP contribution in [-0.2, 0) is 17.8 Å². The molecule has 1 amide bonds. The van der Waals surface area contributed by atoms with Gasteiger partial charge in [0.05, 0.1) is 13.7 Å². The zero-order valence-electron chi connectivity index (χ0n) is 17.2. The zero-order chi connectivity index (χ0) is 19.9. The fourth-order valence-corrected chi connectivity index (χ4v) is 3.51. The molecule has 7 heteroatoms. The largest absolute Gasteiger partial charge is 0.497 e. The Morgan fingerprint density at radius 1 is 1.21 bits per heavy atom. The number of anilines is 1. The minimum absolute atomic E-state index is 0. The summed E-state index contributed by atoms with van der Waals surface area (Å²) in [5.41, 5.74) is 3.41. The van der Waals surface area contributed by atoms with Gasteiger partial charge in [0.15, 0.2) is 5.96 Å². The van der Waals surface area contributed by atoms with E-state index in [0.29, 0.717) is 12.5 Å². The third kappa shape index (κ3) is 5.85. The molecular weight excluding hydrogens is 479 g/mol. The lowest BCUT2D eigenvalue weighted by molar-refractivity contribution is -0.117. The summed E-state index contributed by atoms with van der Waals surface area (Å²) in [6, 6.07) is 16.1. The molecule has 0 unspecified atom stereocenters. The fraction of sp³-hybridized carbons (Fsp3) is 0.364. The smallest absolute Gasteiger partial charge is 0.246 e. The average Bonchev–Trinajstić information content (AvgIpc) is 2.74. The number of fused-ring (bicyclic) bond motifs is 1. The molecule has 0 bridgehead atoms. The average molecular weight is 508 g/mol. The Balaban J connectivity index is 0.00000300. The highest BCUT2D eigenvalue weighted by Gasteiger charge is 2.22. The van der Waals surface area contributed by atoms with E-state index in [-0.39, 0.29) is 36.4 Å². The number of ether oxygens (including phenoxy) is 1. The summed E-state index contributed by atoms with van der Waals surface area (Å²) in [6.45, 7) is 1.66. The monoisotopic (exact) mass is 508 g/mol. The second kappa shape index (κ2) is 11.0. The van der Waals surface area contributed by atoms with Crippen molar-refractivity contribution >= 4 is 41.5 Å². The van der Waals surface area contributed by atoms with E-state index in [2.05, 4.69) is 16.4 Å². The van der Waals surface area contributed by atoms with Gasteiger partial charge in [-0.1, -0.05) is 30.3 Å². The van der Waals surface area contributed by atoms with Crippen LogP contribution < -0.4 is 15.0 Å². The number of nitrogens with zero attached hydrogens (tertiary/aromatic N) is 3. The first-order valence-electron chi connectivity index (χ1n) is 9.55. The lowest BCUT2D eigenvalue weighted by Gasteiger charge is -2.30. The van der Waals surface area contributed by atoms with Crippen molar-refractivity contribution in [3.8, 4) is 5.75 Å². The van der Waals surface area contributed by atoms with E-state index in [1.54, 1.807) is 14.2 Å². The van der Waals surface area contributed by atoms with Crippen molar-refractivity contribution < 1.29 is 9.53 Å². The number of amides is 1. The van der Waals surface area contributed by atoms with E-state index in [1.807, 2.05) is 59.3 Å². The maximum Gasteiger partial charge on any atom is 0.246 e. The molecule has 0 spiro atoms. The lowest BCUT2D eigenvalue weighted by atomic mass is 10.0. The van der Waals surface area contributed by atoms with Crippen LogP contribution in [0.5, 0.6) is 5.75 Å². The van der Waals surface area contributed by atoms with Gasteiger partial charge in [-0.15, -0.1) is 24.0 Å². The van der Waals surface area contributed by atoms with Gasteiger partial charge in [-0.05, 0) is 42.2 Å². The van der Waals surface area contributed by atoms with Crippen LogP contribution in [-0.4, -0.2) is 51.1 Å². The summed E-state index contributed by atoms with van der Waals surface area (Å²) < 4.78 is 5.20. The zero-order valence-corrected chi connectivity index (χ0v) is 19.6. The molecule has 156 valence electrons. The number of aliphatic imine (C=N–C) groups is 1. The van der Waals surface area contributed by atoms with Gasteiger partial charge < -0.3 is 19.9 Å².